The van der Waals surface area contributed by atoms with Crippen molar-refractivity contribution >= 4 is 15.8 Å². The Balaban J connectivity index is 2.46. The molecule has 0 unspecified atom stereocenters. The standard InChI is InChI=1S/C14H16F2O4S/c1-2-3-9-7-14(8-9,13(17)18)21(19,20)12-6-10(15)4-5-11(12)16/h4-6,9H,2-3,7-8H2,1H3,(H,17,18). The summed E-state index contributed by atoms with van der Waals surface area (Å²) in [6, 6.07) is 2.03. The van der Waals surface area contributed by atoms with Gasteiger partial charge in [0, 0.05) is 0 Å². The van der Waals surface area contributed by atoms with E-state index in [1.54, 1.807) is 0 Å². The van der Waals surface area contributed by atoms with Crippen LogP contribution in [0, 0.1) is 17.6 Å². The first-order valence-electron chi connectivity index (χ1n) is 6.67. The Morgan fingerprint density at radius 3 is 2.52 bits per heavy atom. The Hall–Kier alpha value is -1.50. The lowest BCUT2D eigenvalue weighted by Gasteiger charge is -2.43. The van der Waals surface area contributed by atoms with Crippen molar-refractivity contribution in [3.63, 3.8) is 0 Å². The molecule has 1 aliphatic rings. The van der Waals surface area contributed by atoms with Gasteiger partial charge in [-0.15, -0.1) is 0 Å². The predicted molar refractivity (Wildman–Crippen MR) is 71.5 cm³/mol. The van der Waals surface area contributed by atoms with Crippen molar-refractivity contribution < 1.29 is 27.1 Å². The third-order valence-corrected chi connectivity index (χ3v) is 6.45. The lowest BCUT2D eigenvalue weighted by molar-refractivity contribution is -0.144. The molecule has 1 saturated carbocycles. The minimum Gasteiger partial charge on any atom is -0.480 e. The zero-order chi connectivity index (χ0) is 15.8. The molecule has 1 aromatic carbocycles. The van der Waals surface area contributed by atoms with E-state index in [1.807, 2.05) is 6.92 Å². The molecule has 1 fully saturated rings. The fraction of sp³-hybridized carbons (Fsp3) is 0.500. The van der Waals surface area contributed by atoms with Crippen molar-refractivity contribution in [1.29, 1.82) is 0 Å². The first kappa shape index (κ1) is 15.9. The molecular formula is C14H16F2O4S. The van der Waals surface area contributed by atoms with Crippen LogP contribution in [-0.2, 0) is 14.6 Å². The molecule has 0 amide bonds. The molecule has 7 heteroatoms. The van der Waals surface area contributed by atoms with E-state index in [0.29, 0.717) is 12.1 Å². The Kier molecular flexibility index (Phi) is 4.06. The zero-order valence-electron chi connectivity index (χ0n) is 11.5. The summed E-state index contributed by atoms with van der Waals surface area (Å²) in [5, 5.41) is 9.33. The van der Waals surface area contributed by atoms with Gasteiger partial charge in [0.25, 0.3) is 0 Å². The van der Waals surface area contributed by atoms with Crippen LogP contribution in [0.5, 0.6) is 0 Å². The maximum Gasteiger partial charge on any atom is 0.325 e. The smallest absolute Gasteiger partial charge is 0.325 e. The second kappa shape index (κ2) is 5.36. The van der Waals surface area contributed by atoms with Gasteiger partial charge in [-0.1, -0.05) is 19.8 Å². The van der Waals surface area contributed by atoms with Crippen LogP contribution < -0.4 is 0 Å². The van der Waals surface area contributed by atoms with Crippen LogP contribution in [0.2, 0.25) is 0 Å². The van der Waals surface area contributed by atoms with Crippen LogP contribution >= 0.6 is 0 Å². The van der Waals surface area contributed by atoms with Gasteiger partial charge in [0.05, 0.1) is 0 Å². The van der Waals surface area contributed by atoms with Crippen molar-refractivity contribution in [3.05, 3.63) is 29.8 Å². The highest BCUT2D eigenvalue weighted by molar-refractivity contribution is 7.93. The lowest BCUT2D eigenvalue weighted by Crippen LogP contribution is -2.56. The lowest BCUT2D eigenvalue weighted by atomic mass is 9.72. The molecule has 0 saturated heterocycles. The topological polar surface area (TPSA) is 71.4 Å². The second-order valence-corrected chi connectivity index (χ2v) is 7.67. The Morgan fingerprint density at radius 2 is 2.00 bits per heavy atom. The molecule has 0 atom stereocenters. The fourth-order valence-corrected chi connectivity index (χ4v) is 5.04. The predicted octanol–water partition coefficient (Wildman–Crippen LogP) is 2.77. The van der Waals surface area contributed by atoms with Gasteiger partial charge in [0.15, 0.2) is 14.6 Å². The van der Waals surface area contributed by atoms with Gasteiger partial charge < -0.3 is 5.11 Å². The minimum atomic E-state index is -4.48. The molecule has 2 rings (SSSR count). The second-order valence-electron chi connectivity index (χ2n) is 5.44. The van der Waals surface area contributed by atoms with Crippen LogP contribution in [0.25, 0.3) is 0 Å². The molecule has 0 heterocycles. The molecule has 116 valence electrons. The summed E-state index contributed by atoms with van der Waals surface area (Å²) >= 11 is 0. The summed E-state index contributed by atoms with van der Waals surface area (Å²) in [4.78, 5) is 10.6. The van der Waals surface area contributed by atoms with Gasteiger partial charge in [-0.3, -0.25) is 4.79 Å². The third-order valence-electron chi connectivity index (χ3n) is 4.02. The minimum absolute atomic E-state index is 0.0162. The van der Waals surface area contributed by atoms with E-state index < -0.39 is 37.1 Å². The number of hydrogen-bond donors (Lipinski definition) is 1. The van der Waals surface area contributed by atoms with Crippen LogP contribution in [0.15, 0.2) is 23.1 Å². The number of carboxylic acids is 1. The van der Waals surface area contributed by atoms with Gasteiger partial charge in [0.2, 0.25) is 0 Å². The van der Waals surface area contributed by atoms with E-state index in [1.165, 1.54) is 0 Å². The number of carbonyl (C=O) groups is 1. The molecule has 0 aliphatic heterocycles. The molecular weight excluding hydrogens is 302 g/mol. The van der Waals surface area contributed by atoms with E-state index >= 15 is 0 Å². The van der Waals surface area contributed by atoms with Crippen LogP contribution in [0.1, 0.15) is 32.6 Å². The number of sulfone groups is 1. The molecule has 4 nitrogen and oxygen atoms in total. The largest absolute Gasteiger partial charge is 0.480 e. The highest BCUT2D eigenvalue weighted by Crippen LogP contribution is 2.49. The Morgan fingerprint density at radius 1 is 1.38 bits per heavy atom. The molecule has 0 spiro atoms. The highest BCUT2D eigenvalue weighted by Gasteiger charge is 2.60. The summed E-state index contributed by atoms with van der Waals surface area (Å²) in [7, 11) is -4.48. The number of hydrogen-bond acceptors (Lipinski definition) is 3. The normalized spacial score (nSPS) is 25.4. The van der Waals surface area contributed by atoms with Crippen molar-refractivity contribution in [2.45, 2.75) is 42.2 Å². The average molecular weight is 318 g/mol. The molecule has 0 bridgehead atoms. The summed E-state index contributed by atoms with van der Waals surface area (Å²) in [5.74, 6) is -3.56. The van der Waals surface area contributed by atoms with Gasteiger partial charge in [-0.05, 0) is 37.0 Å². The monoisotopic (exact) mass is 318 g/mol. The molecule has 1 aliphatic carbocycles. The fourth-order valence-electron chi connectivity index (χ4n) is 2.89. The van der Waals surface area contributed by atoms with Crippen molar-refractivity contribution in [1.82, 2.24) is 0 Å². The number of halogens is 2. The highest BCUT2D eigenvalue weighted by atomic mass is 32.2. The van der Waals surface area contributed by atoms with Crippen molar-refractivity contribution in [2.24, 2.45) is 5.92 Å². The zero-order valence-corrected chi connectivity index (χ0v) is 12.3. The van der Waals surface area contributed by atoms with Crippen molar-refractivity contribution in [3.8, 4) is 0 Å². The maximum atomic E-state index is 13.7. The number of carboxylic acid groups (broad SMARTS) is 1. The Bertz CT molecular complexity index is 664. The quantitative estimate of drug-likeness (QED) is 0.906. The molecule has 1 N–H and O–H groups in total. The number of benzene rings is 1. The number of aliphatic carboxylic acids is 1. The molecule has 1 aromatic rings. The third kappa shape index (κ3) is 2.43. The number of rotatable bonds is 5. The van der Waals surface area contributed by atoms with Gasteiger partial charge >= 0.3 is 5.97 Å². The van der Waals surface area contributed by atoms with Gasteiger partial charge in [0.1, 0.15) is 16.5 Å². The molecule has 21 heavy (non-hydrogen) atoms. The average Bonchev–Trinajstić information content (AvgIpc) is 2.35. The van der Waals surface area contributed by atoms with E-state index in [4.69, 9.17) is 0 Å². The van der Waals surface area contributed by atoms with Gasteiger partial charge in [-0.25, -0.2) is 17.2 Å². The maximum absolute atomic E-state index is 13.7. The Labute approximate surface area is 121 Å². The molecule has 0 aromatic heterocycles. The first-order chi connectivity index (χ1) is 9.74. The van der Waals surface area contributed by atoms with Crippen LogP contribution in [0.4, 0.5) is 8.78 Å². The van der Waals surface area contributed by atoms with Crippen molar-refractivity contribution in [2.75, 3.05) is 0 Å². The SMILES string of the molecule is CCCC1CC(C(=O)O)(S(=O)(=O)c2cc(F)ccc2F)C1. The molecule has 0 radical (unpaired) electrons. The van der Waals surface area contributed by atoms with Gasteiger partial charge in [-0.2, -0.15) is 0 Å². The van der Waals surface area contributed by atoms with Crippen LogP contribution in [-0.4, -0.2) is 24.2 Å². The summed E-state index contributed by atoms with van der Waals surface area (Å²) < 4.78 is 49.9. The van der Waals surface area contributed by atoms with E-state index in [-0.39, 0.29) is 18.8 Å². The summed E-state index contributed by atoms with van der Waals surface area (Å²) in [6.45, 7) is 1.92. The summed E-state index contributed by atoms with van der Waals surface area (Å²) in [6.07, 6.45) is 1.41. The van der Waals surface area contributed by atoms with E-state index in [0.717, 1.165) is 18.9 Å². The first-order valence-corrected chi connectivity index (χ1v) is 8.16. The van der Waals surface area contributed by atoms with Crippen LogP contribution in [0.3, 0.4) is 0 Å². The van der Waals surface area contributed by atoms with E-state index in [9.17, 15) is 27.1 Å². The summed E-state index contributed by atoms with van der Waals surface area (Å²) in [5.41, 5.74) is 0. The van der Waals surface area contributed by atoms with E-state index in [2.05, 4.69) is 0 Å².